The molecular weight excluding hydrogens is 160 g/mol. The van der Waals surface area contributed by atoms with E-state index in [1.807, 2.05) is 26.1 Å². The highest BCUT2D eigenvalue weighted by molar-refractivity contribution is 5.81. The topological polar surface area (TPSA) is 15.6 Å². The number of hydrogen-bond donors (Lipinski definition) is 0. The smallest absolute Gasteiger partial charge is 0.0963 e. The third-order valence-corrected chi connectivity index (χ3v) is 2.71. The molecule has 2 unspecified atom stereocenters. The van der Waals surface area contributed by atoms with Crippen LogP contribution in [-0.2, 0) is 0 Å². The van der Waals surface area contributed by atoms with Gasteiger partial charge in [-0.3, -0.25) is 4.99 Å². The Bertz CT molecular complexity index is 214. The summed E-state index contributed by atoms with van der Waals surface area (Å²) in [5.41, 5.74) is 0. The molecule has 0 aromatic rings. The van der Waals surface area contributed by atoms with Crippen molar-refractivity contribution in [1.29, 1.82) is 0 Å². The van der Waals surface area contributed by atoms with Gasteiger partial charge in [0.05, 0.1) is 5.84 Å². The van der Waals surface area contributed by atoms with Crippen LogP contribution in [0.4, 0.5) is 0 Å². The lowest BCUT2D eigenvalue weighted by molar-refractivity contribution is 0.391. The van der Waals surface area contributed by atoms with E-state index in [1.165, 1.54) is 0 Å². The summed E-state index contributed by atoms with van der Waals surface area (Å²) in [5.74, 6) is 1.08. The summed E-state index contributed by atoms with van der Waals surface area (Å²) >= 11 is 0. The molecule has 0 spiro atoms. The first-order valence-corrected chi connectivity index (χ1v) is 4.71. The van der Waals surface area contributed by atoms with Crippen LogP contribution in [0.5, 0.6) is 0 Å². The normalized spacial score (nSPS) is 29.1. The summed E-state index contributed by atoms with van der Waals surface area (Å²) in [4.78, 5) is 6.51. The van der Waals surface area contributed by atoms with E-state index >= 15 is 0 Å². The van der Waals surface area contributed by atoms with E-state index in [0.717, 1.165) is 18.7 Å². The highest BCUT2D eigenvalue weighted by Crippen LogP contribution is 2.25. The number of rotatable bonds is 2. The molecule has 0 aromatic heterocycles. The van der Waals surface area contributed by atoms with Gasteiger partial charge < -0.3 is 4.90 Å². The van der Waals surface area contributed by atoms with Crippen LogP contribution in [0.2, 0.25) is 0 Å². The van der Waals surface area contributed by atoms with E-state index in [2.05, 4.69) is 23.1 Å². The Morgan fingerprint density at radius 3 is 2.08 bits per heavy atom. The largest absolute Gasteiger partial charge is 0.348 e. The van der Waals surface area contributed by atoms with Crippen molar-refractivity contribution in [3.05, 3.63) is 25.3 Å². The Hall–Kier alpha value is -1.05. The van der Waals surface area contributed by atoms with Crippen LogP contribution in [0.3, 0.4) is 0 Å². The molecule has 1 rings (SSSR count). The highest BCUT2D eigenvalue weighted by Gasteiger charge is 2.29. The number of likely N-dealkylation sites (tertiary alicyclic amines) is 1. The van der Waals surface area contributed by atoms with Gasteiger partial charge in [-0.15, -0.1) is 13.2 Å². The standard InChI is InChI=1S/C11H18N2/c1-5-10-7-8-11(6-2)13(10)9(3)12-4/h5-6,10-11H,1-2,7-8H2,3-4H3. The fourth-order valence-electron chi connectivity index (χ4n) is 1.92. The van der Waals surface area contributed by atoms with E-state index in [4.69, 9.17) is 0 Å². The van der Waals surface area contributed by atoms with Gasteiger partial charge in [-0.1, -0.05) is 12.2 Å². The van der Waals surface area contributed by atoms with Crippen molar-refractivity contribution >= 4 is 5.84 Å². The molecule has 2 nitrogen and oxygen atoms in total. The zero-order valence-electron chi connectivity index (χ0n) is 8.53. The fourth-order valence-corrected chi connectivity index (χ4v) is 1.92. The zero-order chi connectivity index (χ0) is 9.84. The molecule has 0 saturated carbocycles. The molecule has 1 aliphatic heterocycles. The minimum absolute atomic E-state index is 0.437. The lowest BCUT2D eigenvalue weighted by Gasteiger charge is -2.28. The van der Waals surface area contributed by atoms with E-state index in [-0.39, 0.29) is 0 Å². The lowest BCUT2D eigenvalue weighted by atomic mass is 10.2. The van der Waals surface area contributed by atoms with Gasteiger partial charge in [-0.05, 0) is 19.8 Å². The Morgan fingerprint density at radius 2 is 1.77 bits per heavy atom. The number of aliphatic imine (C=N–C) groups is 1. The van der Waals surface area contributed by atoms with Crippen LogP contribution in [0.25, 0.3) is 0 Å². The summed E-state index contributed by atoms with van der Waals surface area (Å²) < 4.78 is 0. The van der Waals surface area contributed by atoms with Crippen molar-refractivity contribution in [1.82, 2.24) is 4.90 Å². The molecule has 2 heteroatoms. The Morgan fingerprint density at radius 1 is 1.31 bits per heavy atom. The molecule has 1 heterocycles. The van der Waals surface area contributed by atoms with Crippen molar-refractivity contribution in [2.24, 2.45) is 4.99 Å². The third-order valence-electron chi connectivity index (χ3n) is 2.71. The molecule has 0 bridgehead atoms. The Balaban J connectivity index is 2.84. The van der Waals surface area contributed by atoms with Gasteiger partial charge in [0.2, 0.25) is 0 Å². The minimum atomic E-state index is 0.437. The maximum absolute atomic E-state index is 4.21. The predicted octanol–water partition coefficient (Wildman–Crippen LogP) is 2.24. The quantitative estimate of drug-likeness (QED) is 0.360. The van der Waals surface area contributed by atoms with Crippen molar-refractivity contribution < 1.29 is 0 Å². The second-order valence-corrected chi connectivity index (χ2v) is 3.36. The molecular formula is C11H18N2. The van der Waals surface area contributed by atoms with Gasteiger partial charge in [0.1, 0.15) is 0 Å². The van der Waals surface area contributed by atoms with Gasteiger partial charge in [0.15, 0.2) is 0 Å². The van der Waals surface area contributed by atoms with Gasteiger partial charge in [0, 0.05) is 19.1 Å². The second kappa shape index (κ2) is 4.26. The molecule has 0 aliphatic carbocycles. The molecule has 1 saturated heterocycles. The first-order chi connectivity index (χ1) is 6.24. The summed E-state index contributed by atoms with van der Waals surface area (Å²) in [7, 11) is 1.83. The van der Waals surface area contributed by atoms with Crippen LogP contribution >= 0.6 is 0 Å². The van der Waals surface area contributed by atoms with Crippen LogP contribution in [0, 0.1) is 0 Å². The maximum Gasteiger partial charge on any atom is 0.0963 e. The number of amidine groups is 1. The number of hydrogen-bond acceptors (Lipinski definition) is 1. The van der Waals surface area contributed by atoms with E-state index in [9.17, 15) is 0 Å². The van der Waals surface area contributed by atoms with Gasteiger partial charge in [-0.2, -0.15) is 0 Å². The molecule has 0 N–H and O–H groups in total. The van der Waals surface area contributed by atoms with Gasteiger partial charge in [0.25, 0.3) is 0 Å². The third kappa shape index (κ3) is 1.82. The first-order valence-electron chi connectivity index (χ1n) is 4.71. The maximum atomic E-state index is 4.21. The van der Waals surface area contributed by atoms with Crippen LogP contribution in [0.15, 0.2) is 30.3 Å². The average Bonchev–Trinajstić information content (AvgIpc) is 2.59. The molecule has 13 heavy (non-hydrogen) atoms. The molecule has 0 amide bonds. The summed E-state index contributed by atoms with van der Waals surface area (Å²) in [5, 5.41) is 0. The molecule has 0 aromatic carbocycles. The first kappa shape index (κ1) is 10.0. The second-order valence-electron chi connectivity index (χ2n) is 3.36. The summed E-state index contributed by atoms with van der Waals surface area (Å²) in [6, 6.07) is 0.874. The van der Waals surface area contributed by atoms with Crippen LogP contribution in [0.1, 0.15) is 19.8 Å². The molecule has 1 fully saturated rings. The predicted molar refractivity (Wildman–Crippen MR) is 58.1 cm³/mol. The van der Waals surface area contributed by atoms with Crippen LogP contribution in [-0.4, -0.2) is 29.9 Å². The average molecular weight is 178 g/mol. The summed E-state index contributed by atoms with van der Waals surface area (Å²) in [6.07, 6.45) is 6.32. The Labute approximate surface area is 80.7 Å². The van der Waals surface area contributed by atoms with Crippen molar-refractivity contribution in [3.63, 3.8) is 0 Å². The summed E-state index contributed by atoms with van der Waals surface area (Å²) in [6.45, 7) is 9.73. The van der Waals surface area contributed by atoms with Crippen LogP contribution < -0.4 is 0 Å². The molecule has 1 aliphatic rings. The SMILES string of the molecule is C=CC1CCC(C=C)N1C(C)=NC. The van der Waals surface area contributed by atoms with Crippen molar-refractivity contribution in [2.45, 2.75) is 31.8 Å². The molecule has 2 atom stereocenters. The minimum Gasteiger partial charge on any atom is -0.348 e. The lowest BCUT2D eigenvalue weighted by Crippen LogP contribution is -2.37. The fraction of sp³-hybridized carbons (Fsp3) is 0.545. The monoisotopic (exact) mass is 178 g/mol. The van der Waals surface area contributed by atoms with Gasteiger partial charge >= 0.3 is 0 Å². The highest BCUT2D eigenvalue weighted by atomic mass is 15.2. The van der Waals surface area contributed by atoms with Crippen molar-refractivity contribution in [3.8, 4) is 0 Å². The van der Waals surface area contributed by atoms with E-state index in [1.54, 1.807) is 0 Å². The Kier molecular flexibility index (Phi) is 3.29. The molecule has 0 radical (unpaired) electrons. The van der Waals surface area contributed by atoms with Gasteiger partial charge in [-0.25, -0.2) is 0 Å². The molecule has 72 valence electrons. The van der Waals surface area contributed by atoms with E-state index in [0.29, 0.717) is 12.1 Å². The number of nitrogens with zero attached hydrogens (tertiary/aromatic N) is 2. The van der Waals surface area contributed by atoms with Crippen molar-refractivity contribution in [2.75, 3.05) is 7.05 Å². The van der Waals surface area contributed by atoms with E-state index < -0.39 is 0 Å². The zero-order valence-corrected chi connectivity index (χ0v) is 8.53.